The second-order valence-electron chi connectivity index (χ2n) is 5.04. The summed E-state index contributed by atoms with van der Waals surface area (Å²) < 4.78 is 27.5. The molecule has 1 aliphatic rings. The highest BCUT2D eigenvalue weighted by molar-refractivity contribution is 8.06. The number of benzene rings is 1. The molecule has 0 bridgehead atoms. The first-order valence-corrected chi connectivity index (χ1v) is 10.6. The van der Waals surface area contributed by atoms with Crippen molar-refractivity contribution in [2.75, 3.05) is 30.9 Å². The summed E-state index contributed by atoms with van der Waals surface area (Å²) in [5, 5.41) is 3.44. The Morgan fingerprint density at radius 1 is 1.33 bits per heavy atom. The molecule has 1 atom stereocenters. The van der Waals surface area contributed by atoms with Crippen LogP contribution in [0.1, 0.15) is 11.1 Å². The van der Waals surface area contributed by atoms with Crippen LogP contribution in [0.5, 0.6) is 0 Å². The molecular weight excluding hydrogens is 324 g/mol. The lowest BCUT2D eigenvalue weighted by molar-refractivity contribution is 0.581. The Kier molecular flexibility index (Phi) is 6.43. The third-order valence-electron chi connectivity index (χ3n) is 3.38. The van der Waals surface area contributed by atoms with E-state index >= 15 is 0 Å². The number of aryl methyl sites for hydroxylation is 1. The zero-order chi connectivity index (χ0) is 15.3. The highest BCUT2D eigenvalue weighted by Crippen LogP contribution is 2.24. The van der Waals surface area contributed by atoms with Crippen molar-refractivity contribution in [1.82, 2.24) is 10.0 Å². The first kappa shape index (κ1) is 17.1. The molecule has 1 aromatic carbocycles. The molecule has 0 amide bonds. The Balaban J connectivity index is 2.06. The van der Waals surface area contributed by atoms with E-state index in [0.29, 0.717) is 23.2 Å². The van der Waals surface area contributed by atoms with Crippen molar-refractivity contribution in [3.05, 3.63) is 29.3 Å². The van der Waals surface area contributed by atoms with E-state index < -0.39 is 10.0 Å². The van der Waals surface area contributed by atoms with Gasteiger partial charge in [-0.05, 0) is 37.2 Å². The van der Waals surface area contributed by atoms with Crippen molar-refractivity contribution in [2.24, 2.45) is 0 Å². The predicted octanol–water partition coefficient (Wildman–Crippen LogP) is 1.84. The van der Waals surface area contributed by atoms with Gasteiger partial charge in [0.15, 0.2) is 0 Å². The van der Waals surface area contributed by atoms with E-state index in [1.165, 1.54) is 5.75 Å². The first-order chi connectivity index (χ1) is 10.0. The summed E-state index contributed by atoms with van der Waals surface area (Å²) in [5.74, 6) is 3.29. The molecule has 0 saturated carbocycles. The van der Waals surface area contributed by atoms with Gasteiger partial charge in [0.1, 0.15) is 0 Å². The van der Waals surface area contributed by atoms with Gasteiger partial charge in [-0.2, -0.15) is 23.5 Å². The van der Waals surface area contributed by atoms with Gasteiger partial charge in [-0.1, -0.05) is 6.07 Å². The third-order valence-corrected chi connectivity index (χ3v) is 7.65. The fourth-order valence-electron chi connectivity index (χ4n) is 2.14. The van der Waals surface area contributed by atoms with E-state index in [-0.39, 0.29) is 0 Å². The van der Waals surface area contributed by atoms with Gasteiger partial charge in [-0.25, -0.2) is 13.1 Å². The van der Waals surface area contributed by atoms with Crippen LogP contribution in [0.25, 0.3) is 0 Å². The minimum atomic E-state index is -3.42. The fourth-order valence-corrected chi connectivity index (χ4v) is 5.99. The quantitative estimate of drug-likeness (QED) is 0.823. The molecule has 0 aromatic heterocycles. The lowest BCUT2D eigenvalue weighted by atomic mass is 10.1. The van der Waals surface area contributed by atoms with Crippen molar-refractivity contribution < 1.29 is 8.42 Å². The van der Waals surface area contributed by atoms with E-state index in [9.17, 15) is 8.42 Å². The van der Waals surface area contributed by atoms with Crippen molar-refractivity contribution in [1.29, 1.82) is 0 Å². The van der Waals surface area contributed by atoms with Gasteiger partial charge in [-0.3, -0.25) is 0 Å². The number of sulfonamides is 1. The van der Waals surface area contributed by atoms with Gasteiger partial charge < -0.3 is 5.32 Å². The lowest BCUT2D eigenvalue weighted by Crippen LogP contribution is -2.33. The standard InChI is InChI=1S/C14H22N2O2S3/c1-11-3-4-14(7-12(11)8-15-2)21(17,18)16-9-13-10-19-5-6-20-13/h3-4,7,13,15-16H,5-6,8-10H2,1-2H3. The minimum absolute atomic E-state index is 0.354. The number of rotatable bonds is 6. The van der Waals surface area contributed by atoms with Crippen LogP contribution < -0.4 is 10.0 Å². The number of thioether (sulfide) groups is 2. The Bertz CT molecular complexity index is 570. The molecule has 7 heteroatoms. The molecule has 1 saturated heterocycles. The van der Waals surface area contributed by atoms with Crippen molar-refractivity contribution in [2.45, 2.75) is 23.6 Å². The Morgan fingerprint density at radius 3 is 2.81 bits per heavy atom. The Labute approximate surface area is 135 Å². The average molecular weight is 347 g/mol. The molecule has 21 heavy (non-hydrogen) atoms. The molecule has 0 spiro atoms. The normalized spacial score (nSPS) is 19.6. The van der Waals surface area contributed by atoms with Crippen LogP contribution in [0, 0.1) is 6.92 Å². The molecule has 0 aliphatic carbocycles. The summed E-state index contributed by atoms with van der Waals surface area (Å²) in [6, 6.07) is 5.31. The van der Waals surface area contributed by atoms with Crippen molar-refractivity contribution in [3.8, 4) is 0 Å². The summed E-state index contributed by atoms with van der Waals surface area (Å²) in [6.07, 6.45) is 0. The molecule has 1 aromatic rings. The van der Waals surface area contributed by atoms with E-state index in [4.69, 9.17) is 0 Å². The molecule has 2 N–H and O–H groups in total. The molecule has 0 radical (unpaired) electrons. The maximum atomic E-state index is 12.4. The van der Waals surface area contributed by atoms with Crippen LogP contribution in [0.2, 0.25) is 0 Å². The van der Waals surface area contributed by atoms with Crippen LogP contribution in [0.4, 0.5) is 0 Å². The summed E-state index contributed by atoms with van der Waals surface area (Å²) in [7, 11) is -1.56. The molecule has 1 fully saturated rings. The number of hydrogen-bond acceptors (Lipinski definition) is 5. The second-order valence-corrected chi connectivity index (χ2v) is 9.36. The molecule has 2 rings (SSSR count). The van der Waals surface area contributed by atoms with Crippen molar-refractivity contribution >= 4 is 33.5 Å². The van der Waals surface area contributed by atoms with Crippen LogP contribution >= 0.6 is 23.5 Å². The Hall–Kier alpha value is -0.210. The highest BCUT2D eigenvalue weighted by Gasteiger charge is 2.20. The summed E-state index contributed by atoms with van der Waals surface area (Å²) in [4.78, 5) is 0.354. The average Bonchev–Trinajstić information content (AvgIpc) is 2.49. The fraction of sp³-hybridized carbons (Fsp3) is 0.571. The van der Waals surface area contributed by atoms with Gasteiger partial charge >= 0.3 is 0 Å². The SMILES string of the molecule is CNCc1cc(S(=O)(=O)NCC2CSCCS2)ccc1C. The molecule has 118 valence electrons. The van der Waals surface area contributed by atoms with Gasteiger partial charge in [0.25, 0.3) is 0 Å². The third kappa shape index (κ3) is 4.89. The molecular formula is C14H22N2O2S3. The van der Waals surface area contributed by atoms with Gasteiger partial charge in [0, 0.05) is 35.6 Å². The maximum Gasteiger partial charge on any atom is 0.240 e. The van der Waals surface area contributed by atoms with E-state index in [2.05, 4.69) is 10.0 Å². The monoisotopic (exact) mass is 346 g/mol. The van der Waals surface area contributed by atoms with E-state index in [1.54, 1.807) is 12.1 Å². The molecule has 4 nitrogen and oxygen atoms in total. The largest absolute Gasteiger partial charge is 0.316 e. The molecule has 1 aliphatic heterocycles. The highest BCUT2D eigenvalue weighted by atomic mass is 32.2. The second kappa shape index (κ2) is 7.87. The van der Waals surface area contributed by atoms with Gasteiger partial charge in [-0.15, -0.1) is 0 Å². The number of nitrogens with one attached hydrogen (secondary N) is 2. The summed E-state index contributed by atoms with van der Waals surface area (Å²) >= 11 is 3.75. The van der Waals surface area contributed by atoms with Crippen LogP contribution in [0.3, 0.4) is 0 Å². The minimum Gasteiger partial charge on any atom is -0.316 e. The van der Waals surface area contributed by atoms with E-state index in [1.807, 2.05) is 43.6 Å². The van der Waals surface area contributed by atoms with Gasteiger partial charge in [0.2, 0.25) is 10.0 Å². The zero-order valence-electron chi connectivity index (χ0n) is 12.4. The molecule has 1 unspecified atom stereocenters. The van der Waals surface area contributed by atoms with E-state index in [0.717, 1.165) is 22.6 Å². The smallest absolute Gasteiger partial charge is 0.240 e. The van der Waals surface area contributed by atoms with Crippen LogP contribution in [0.15, 0.2) is 23.1 Å². The topological polar surface area (TPSA) is 58.2 Å². The van der Waals surface area contributed by atoms with Gasteiger partial charge in [0.05, 0.1) is 4.90 Å². The molecule has 1 heterocycles. The number of hydrogen-bond donors (Lipinski definition) is 2. The maximum absolute atomic E-state index is 12.4. The van der Waals surface area contributed by atoms with Crippen LogP contribution in [-0.4, -0.2) is 44.5 Å². The van der Waals surface area contributed by atoms with Crippen molar-refractivity contribution in [3.63, 3.8) is 0 Å². The predicted molar refractivity (Wildman–Crippen MR) is 92.7 cm³/mol. The zero-order valence-corrected chi connectivity index (χ0v) is 14.8. The summed E-state index contributed by atoms with van der Waals surface area (Å²) in [6.45, 7) is 3.17. The summed E-state index contributed by atoms with van der Waals surface area (Å²) in [5.41, 5.74) is 2.12. The first-order valence-electron chi connectivity index (χ1n) is 6.96. The lowest BCUT2D eigenvalue weighted by Gasteiger charge is -2.21. The Morgan fingerprint density at radius 2 is 2.14 bits per heavy atom. The van der Waals surface area contributed by atoms with Crippen LogP contribution in [-0.2, 0) is 16.6 Å².